The van der Waals surface area contributed by atoms with Gasteiger partial charge in [0.25, 0.3) is 0 Å². The van der Waals surface area contributed by atoms with Crippen molar-refractivity contribution in [3.8, 4) is 0 Å². The molecule has 1 unspecified atom stereocenters. The average molecular weight is 379 g/mol. The van der Waals surface area contributed by atoms with E-state index in [0.717, 1.165) is 32.1 Å². The summed E-state index contributed by atoms with van der Waals surface area (Å²) in [5.41, 5.74) is 22.3. The van der Waals surface area contributed by atoms with Gasteiger partial charge in [-0.15, -0.1) is 0 Å². The predicted molar refractivity (Wildman–Crippen MR) is 101 cm³/mol. The van der Waals surface area contributed by atoms with Crippen LogP contribution in [-0.4, -0.2) is 44.0 Å². The summed E-state index contributed by atoms with van der Waals surface area (Å²) in [6, 6.07) is -0.655. The molecule has 1 aliphatic carbocycles. The molecule has 1 aliphatic rings. The molecule has 11 heteroatoms. The molecule has 0 saturated heterocycles. The Bertz CT molecular complexity index is 566. The van der Waals surface area contributed by atoms with Crippen LogP contribution in [0.2, 0.25) is 0 Å². The van der Waals surface area contributed by atoms with Gasteiger partial charge in [0.2, 0.25) is 11.8 Å². The molecule has 0 bridgehead atoms. The average Bonchev–Trinajstić information content (AvgIpc) is 2.62. The Labute approximate surface area is 158 Å². The molecule has 1 saturated carbocycles. The van der Waals surface area contributed by atoms with Gasteiger partial charge in [0, 0.05) is 35.4 Å². The zero-order valence-electron chi connectivity index (χ0n) is 15.6. The first-order chi connectivity index (χ1) is 13.1. The van der Waals surface area contributed by atoms with Crippen LogP contribution in [0, 0.1) is 11.8 Å². The smallest absolute Gasteiger partial charge is 0.242 e. The van der Waals surface area contributed by atoms with Crippen LogP contribution in [0.15, 0.2) is 10.2 Å². The first-order valence-electron chi connectivity index (χ1n) is 9.43. The SMILES string of the molecule is [N-]=[N+]=NCCCNC(=O)[C@H](CCCCN)NC(=O)C(CN=[N+]=[N-])C1CCC1. The van der Waals surface area contributed by atoms with Gasteiger partial charge < -0.3 is 16.4 Å². The lowest BCUT2D eigenvalue weighted by Gasteiger charge is -2.33. The summed E-state index contributed by atoms with van der Waals surface area (Å²) in [5.74, 6) is -0.706. The van der Waals surface area contributed by atoms with E-state index in [2.05, 4.69) is 30.7 Å². The molecule has 1 fully saturated rings. The number of azide groups is 2. The predicted octanol–water partition coefficient (Wildman–Crippen LogP) is 2.14. The third kappa shape index (κ3) is 8.63. The number of hydrogen-bond acceptors (Lipinski definition) is 5. The molecule has 4 N–H and O–H groups in total. The van der Waals surface area contributed by atoms with Crippen molar-refractivity contribution in [1.82, 2.24) is 10.6 Å². The van der Waals surface area contributed by atoms with Crippen molar-refractivity contribution in [3.05, 3.63) is 20.9 Å². The third-order valence-electron chi connectivity index (χ3n) is 4.77. The molecule has 2 amide bonds. The van der Waals surface area contributed by atoms with E-state index in [4.69, 9.17) is 16.8 Å². The fourth-order valence-electron chi connectivity index (χ4n) is 2.98. The fourth-order valence-corrected chi connectivity index (χ4v) is 2.98. The zero-order chi connectivity index (χ0) is 19.9. The first-order valence-corrected chi connectivity index (χ1v) is 9.43. The topological polar surface area (TPSA) is 182 Å². The van der Waals surface area contributed by atoms with Gasteiger partial charge in [0.1, 0.15) is 6.04 Å². The summed E-state index contributed by atoms with van der Waals surface area (Å²) < 4.78 is 0. The Morgan fingerprint density at radius 3 is 2.44 bits per heavy atom. The van der Waals surface area contributed by atoms with Gasteiger partial charge in [-0.25, -0.2) is 0 Å². The molecule has 2 atom stereocenters. The Morgan fingerprint density at radius 1 is 1.11 bits per heavy atom. The van der Waals surface area contributed by atoms with Crippen molar-refractivity contribution in [2.24, 2.45) is 27.8 Å². The number of rotatable bonds is 14. The van der Waals surface area contributed by atoms with Crippen LogP contribution in [0.1, 0.15) is 44.9 Å². The van der Waals surface area contributed by atoms with E-state index < -0.39 is 12.0 Å². The Balaban J connectivity index is 2.63. The van der Waals surface area contributed by atoms with Crippen molar-refractivity contribution in [1.29, 1.82) is 0 Å². The second kappa shape index (κ2) is 13.7. The number of nitrogens with one attached hydrogen (secondary N) is 2. The first kappa shape index (κ1) is 22.6. The van der Waals surface area contributed by atoms with Crippen LogP contribution in [0.3, 0.4) is 0 Å². The summed E-state index contributed by atoms with van der Waals surface area (Å²) in [6.45, 7) is 1.30. The van der Waals surface area contributed by atoms with Crippen LogP contribution in [0.4, 0.5) is 0 Å². The number of amides is 2. The Hall–Kier alpha value is -2.48. The molecule has 1 rings (SSSR count). The van der Waals surface area contributed by atoms with Crippen LogP contribution in [0.5, 0.6) is 0 Å². The highest BCUT2D eigenvalue weighted by atomic mass is 16.2. The van der Waals surface area contributed by atoms with Crippen molar-refractivity contribution in [3.63, 3.8) is 0 Å². The van der Waals surface area contributed by atoms with Gasteiger partial charge in [-0.05, 0) is 62.0 Å². The second-order valence-corrected chi connectivity index (χ2v) is 6.66. The van der Waals surface area contributed by atoms with Gasteiger partial charge in [0.15, 0.2) is 0 Å². The highest BCUT2D eigenvalue weighted by molar-refractivity contribution is 5.88. The fraction of sp³-hybridized carbons (Fsp3) is 0.875. The van der Waals surface area contributed by atoms with E-state index in [0.29, 0.717) is 32.5 Å². The molecular weight excluding hydrogens is 350 g/mol. The highest BCUT2D eigenvalue weighted by Crippen LogP contribution is 2.34. The summed E-state index contributed by atoms with van der Waals surface area (Å²) in [5, 5.41) is 12.6. The molecule has 0 aliphatic heterocycles. The lowest BCUT2D eigenvalue weighted by Crippen LogP contribution is -2.50. The quantitative estimate of drug-likeness (QED) is 0.181. The van der Waals surface area contributed by atoms with Gasteiger partial charge in [0.05, 0.1) is 0 Å². The van der Waals surface area contributed by atoms with Crippen LogP contribution >= 0.6 is 0 Å². The Kier molecular flexibility index (Phi) is 11.4. The largest absolute Gasteiger partial charge is 0.354 e. The number of nitrogens with two attached hydrogens (primary N) is 1. The minimum absolute atomic E-state index is 0.107. The molecule has 0 radical (unpaired) electrons. The number of nitrogens with zero attached hydrogens (tertiary/aromatic N) is 6. The van der Waals surface area contributed by atoms with Gasteiger partial charge in [-0.2, -0.15) is 0 Å². The maximum atomic E-state index is 12.7. The van der Waals surface area contributed by atoms with Crippen LogP contribution in [0.25, 0.3) is 20.9 Å². The summed E-state index contributed by atoms with van der Waals surface area (Å²) >= 11 is 0. The van der Waals surface area contributed by atoms with Crippen molar-refractivity contribution >= 4 is 11.8 Å². The van der Waals surface area contributed by atoms with Crippen LogP contribution < -0.4 is 16.4 Å². The van der Waals surface area contributed by atoms with E-state index in [1.54, 1.807) is 0 Å². The lowest BCUT2D eigenvalue weighted by molar-refractivity contribution is -0.132. The van der Waals surface area contributed by atoms with Gasteiger partial charge in [-0.1, -0.05) is 16.6 Å². The summed E-state index contributed by atoms with van der Waals surface area (Å²) in [7, 11) is 0. The normalized spacial score (nSPS) is 15.4. The maximum absolute atomic E-state index is 12.7. The van der Waals surface area contributed by atoms with Gasteiger partial charge >= 0.3 is 0 Å². The molecule has 0 heterocycles. The lowest BCUT2D eigenvalue weighted by atomic mass is 9.75. The molecular formula is C16H29N9O2. The number of unbranched alkanes of at least 4 members (excludes halogenated alkanes) is 1. The van der Waals surface area contributed by atoms with E-state index in [-0.39, 0.29) is 24.3 Å². The van der Waals surface area contributed by atoms with Crippen LogP contribution in [-0.2, 0) is 9.59 Å². The number of hydrogen-bond donors (Lipinski definition) is 3. The zero-order valence-corrected chi connectivity index (χ0v) is 15.6. The number of carbonyl (C=O) groups excluding carboxylic acids is 2. The highest BCUT2D eigenvalue weighted by Gasteiger charge is 2.33. The summed E-state index contributed by atoms with van der Waals surface area (Å²) in [4.78, 5) is 30.6. The van der Waals surface area contributed by atoms with Crippen molar-refractivity contribution < 1.29 is 9.59 Å². The molecule has 0 spiro atoms. The maximum Gasteiger partial charge on any atom is 0.242 e. The molecule has 0 aromatic carbocycles. The molecule has 0 aromatic heterocycles. The van der Waals surface area contributed by atoms with Crippen molar-refractivity contribution in [2.75, 3.05) is 26.2 Å². The second-order valence-electron chi connectivity index (χ2n) is 6.66. The van der Waals surface area contributed by atoms with E-state index in [9.17, 15) is 9.59 Å². The third-order valence-corrected chi connectivity index (χ3v) is 4.77. The minimum Gasteiger partial charge on any atom is -0.354 e. The molecule has 0 aromatic rings. The molecule has 27 heavy (non-hydrogen) atoms. The Morgan fingerprint density at radius 2 is 1.85 bits per heavy atom. The standard InChI is InChI=1S/C16H29N9O2/c17-8-2-1-7-14(16(27)20-9-4-10-21-24-18)23-15(26)13(11-22-25-19)12-5-3-6-12/h12-14H,1-11,17H2,(H,20,27)(H,23,26)/t13?,14-/m0/s1. The van der Waals surface area contributed by atoms with Gasteiger partial charge in [-0.3, -0.25) is 9.59 Å². The number of carbonyl (C=O) groups is 2. The van der Waals surface area contributed by atoms with E-state index in [1.807, 2.05) is 0 Å². The van der Waals surface area contributed by atoms with E-state index >= 15 is 0 Å². The molecule has 11 nitrogen and oxygen atoms in total. The van der Waals surface area contributed by atoms with Crippen molar-refractivity contribution in [2.45, 2.75) is 51.0 Å². The monoisotopic (exact) mass is 379 g/mol. The summed E-state index contributed by atoms with van der Waals surface area (Å²) in [6.07, 6.45) is 5.44. The minimum atomic E-state index is -0.655. The van der Waals surface area contributed by atoms with E-state index in [1.165, 1.54) is 0 Å². The molecule has 150 valence electrons.